The predicted octanol–water partition coefficient (Wildman–Crippen LogP) is 1.35. The van der Waals surface area contributed by atoms with Crippen LogP contribution in [0.4, 0.5) is 10.5 Å². The second-order valence-corrected chi connectivity index (χ2v) is 6.91. The topological polar surface area (TPSA) is 84.9 Å². The number of benzene rings is 1. The lowest BCUT2D eigenvalue weighted by Crippen LogP contribution is -2.35. The number of sulfonamides is 1. The summed E-state index contributed by atoms with van der Waals surface area (Å²) < 4.78 is 36.0. The summed E-state index contributed by atoms with van der Waals surface area (Å²) in [5.41, 5.74) is 0.656. The van der Waals surface area contributed by atoms with E-state index in [0.717, 1.165) is 0 Å². The number of anilines is 1. The first-order valence-electron chi connectivity index (χ1n) is 7.04. The van der Waals surface area contributed by atoms with Crippen LogP contribution in [-0.2, 0) is 14.8 Å². The summed E-state index contributed by atoms with van der Waals surface area (Å²) in [5, 5.41) is 0. The molecule has 7 nitrogen and oxygen atoms in total. The van der Waals surface area contributed by atoms with Crippen LogP contribution in [0.3, 0.4) is 0 Å². The molecule has 1 fully saturated rings. The van der Waals surface area contributed by atoms with Gasteiger partial charge in [0.25, 0.3) is 0 Å². The third-order valence-corrected chi connectivity index (χ3v) is 4.80. The van der Waals surface area contributed by atoms with Crippen LogP contribution in [0.15, 0.2) is 24.3 Å². The Morgan fingerprint density at radius 2 is 2.23 bits per heavy atom. The maximum absolute atomic E-state index is 11.9. The third-order valence-electron chi connectivity index (χ3n) is 3.24. The van der Waals surface area contributed by atoms with Crippen LogP contribution in [0, 0.1) is 0 Å². The summed E-state index contributed by atoms with van der Waals surface area (Å²) in [6, 6.07) is 7.05. The molecule has 1 amide bonds. The highest BCUT2D eigenvalue weighted by Gasteiger charge is 2.33. The first-order valence-corrected chi connectivity index (χ1v) is 8.70. The third kappa shape index (κ3) is 4.11. The number of ether oxygens (including phenoxy) is 2. The number of hydrogen-bond donors (Lipinski definition) is 1. The molecule has 0 aliphatic carbocycles. The molecule has 122 valence electrons. The van der Waals surface area contributed by atoms with Gasteiger partial charge in [-0.05, 0) is 18.6 Å². The summed E-state index contributed by atoms with van der Waals surface area (Å²) in [5.74, 6) is 0.699. The van der Waals surface area contributed by atoms with E-state index in [1.807, 2.05) is 0 Å². The monoisotopic (exact) mass is 328 g/mol. The van der Waals surface area contributed by atoms with Crippen LogP contribution >= 0.6 is 0 Å². The van der Waals surface area contributed by atoms with Crippen LogP contribution in [0.1, 0.15) is 13.3 Å². The molecule has 22 heavy (non-hydrogen) atoms. The summed E-state index contributed by atoms with van der Waals surface area (Å²) in [4.78, 5) is 13.4. The van der Waals surface area contributed by atoms with E-state index in [-0.39, 0.29) is 12.3 Å². The molecule has 0 spiro atoms. The highest BCUT2D eigenvalue weighted by molar-refractivity contribution is 7.89. The van der Waals surface area contributed by atoms with Crippen molar-refractivity contribution in [2.45, 2.75) is 19.4 Å². The molecule has 1 atom stereocenters. The van der Waals surface area contributed by atoms with Crippen LogP contribution in [0.2, 0.25) is 0 Å². The number of cyclic esters (lactones) is 1. The summed E-state index contributed by atoms with van der Waals surface area (Å²) >= 11 is 0. The van der Waals surface area contributed by atoms with Gasteiger partial charge in [-0.2, -0.15) is 0 Å². The van der Waals surface area contributed by atoms with Crippen molar-refractivity contribution in [1.29, 1.82) is 0 Å². The van der Waals surface area contributed by atoms with Gasteiger partial charge in [0.05, 0.1) is 25.1 Å². The van der Waals surface area contributed by atoms with E-state index in [1.165, 1.54) is 4.90 Å². The first kappa shape index (κ1) is 16.6. The van der Waals surface area contributed by atoms with E-state index in [1.54, 1.807) is 38.3 Å². The van der Waals surface area contributed by atoms with Gasteiger partial charge < -0.3 is 9.47 Å². The molecule has 1 aromatic carbocycles. The molecule has 0 aromatic heterocycles. The molecule has 1 saturated heterocycles. The summed E-state index contributed by atoms with van der Waals surface area (Å²) in [6.07, 6.45) is -0.464. The average molecular weight is 328 g/mol. The number of hydrogen-bond acceptors (Lipinski definition) is 5. The SMILES string of the molecule is CCCS(=O)(=O)NCC1CN(c2cccc(OC)c2)C(=O)O1. The second kappa shape index (κ2) is 6.97. The van der Waals surface area contributed by atoms with Crippen molar-refractivity contribution < 1.29 is 22.7 Å². The standard InChI is InChI=1S/C14H20N2O5S/c1-3-7-22(18,19)15-9-13-10-16(14(17)21-13)11-5-4-6-12(8-11)20-2/h4-6,8,13,15H,3,7,9-10H2,1-2H3. The van der Waals surface area contributed by atoms with E-state index >= 15 is 0 Å². The number of amides is 1. The Morgan fingerprint density at radius 3 is 2.91 bits per heavy atom. The lowest BCUT2D eigenvalue weighted by atomic mass is 10.2. The zero-order valence-corrected chi connectivity index (χ0v) is 13.4. The van der Waals surface area contributed by atoms with Crippen molar-refractivity contribution in [3.05, 3.63) is 24.3 Å². The van der Waals surface area contributed by atoms with Crippen LogP contribution in [-0.4, -0.2) is 46.6 Å². The van der Waals surface area contributed by atoms with Gasteiger partial charge in [0.1, 0.15) is 11.9 Å². The van der Waals surface area contributed by atoms with Gasteiger partial charge in [-0.25, -0.2) is 17.9 Å². The largest absolute Gasteiger partial charge is 0.497 e. The fourth-order valence-electron chi connectivity index (χ4n) is 2.18. The Kier molecular flexibility index (Phi) is 5.25. The van der Waals surface area contributed by atoms with Gasteiger partial charge in [0, 0.05) is 12.6 Å². The Balaban J connectivity index is 1.99. The van der Waals surface area contributed by atoms with E-state index in [9.17, 15) is 13.2 Å². The lowest BCUT2D eigenvalue weighted by Gasteiger charge is -2.14. The average Bonchev–Trinajstić information content (AvgIpc) is 2.86. The molecule has 1 heterocycles. The molecule has 0 radical (unpaired) electrons. The minimum absolute atomic E-state index is 0.0628. The van der Waals surface area contributed by atoms with Gasteiger partial charge >= 0.3 is 6.09 Å². The van der Waals surface area contributed by atoms with Gasteiger partial charge in [-0.15, -0.1) is 0 Å². The Bertz CT molecular complexity index is 632. The lowest BCUT2D eigenvalue weighted by molar-refractivity contribution is 0.143. The van der Waals surface area contributed by atoms with E-state index in [0.29, 0.717) is 24.4 Å². The fraction of sp³-hybridized carbons (Fsp3) is 0.500. The summed E-state index contributed by atoms with van der Waals surface area (Å²) in [6.45, 7) is 2.16. The maximum Gasteiger partial charge on any atom is 0.414 e. The Labute approximate surface area is 130 Å². The minimum Gasteiger partial charge on any atom is -0.497 e. The van der Waals surface area contributed by atoms with E-state index in [4.69, 9.17) is 9.47 Å². The maximum atomic E-state index is 11.9. The number of rotatable bonds is 7. The molecule has 0 saturated carbocycles. The molecular formula is C14H20N2O5S. The molecular weight excluding hydrogens is 308 g/mol. The van der Waals surface area contributed by atoms with Crippen molar-refractivity contribution >= 4 is 21.8 Å². The van der Waals surface area contributed by atoms with Crippen molar-refractivity contribution in [3.63, 3.8) is 0 Å². The molecule has 1 aliphatic rings. The van der Waals surface area contributed by atoms with Gasteiger partial charge in [-0.3, -0.25) is 4.90 Å². The van der Waals surface area contributed by atoms with Crippen molar-refractivity contribution in [2.75, 3.05) is 30.9 Å². The molecule has 1 aliphatic heterocycles. The van der Waals surface area contributed by atoms with Crippen molar-refractivity contribution in [3.8, 4) is 5.75 Å². The van der Waals surface area contributed by atoms with Crippen molar-refractivity contribution in [1.82, 2.24) is 4.72 Å². The highest BCUT2D eigenvalue weighted by atomic mass is 32.2. The Morgan fingerprint density at radius 1 is 1.45 bits per heavy atom. The van der Waals surface area contributed by atoms with Crippen LogP contribution < -0.4 is 14.4 Å². The van der Waals surface area contributed by atoms with Gasteiger partial charge in [0.15, 0.2) is 0 Å². The van der Waals surface area contributed by atoms with Gasteiger partial charge in [-0.1, -0.05) is 13.0 Å². The van der Waals surface area contributed by atoms with Crippen LogP contribution in [0.25, 0.3) is 0 Å². The number of carbonyl (C=O) groups is 1. The van der Waals surface area contributed by atoms with Gasteiger partial charge in [0.2, 0.25) is 10.0 Å². The quantitative estimate of drug-likeness (QED) is 0.817. The predicted molar refractivity (Wildman–Crippen MR) is 82.7 cm³/mol. The smallest absolute Gasteiger partial charge is 0.414 e. The molecule has 8 heteroatoms. The number of nitrogens with zero attached hydrogens (tertiary/aromatic N) is 1. The van der Waals surface area contributed by atoms with Crippen molar-refractivity contribution in [2.24, 2.45) is 0 Å². The molecule has 1 N–H and O–H groups in total. The molecule has 0 bridgehead atoms. The Hall–Kier alpha value is -1.80. The molecule has 1 unspecified atom stereocenters. The number of methoxy groups -OCH3 is 1. The minimum atomic E-state index is -3.31. The number of carbonyl (C=O) groups excluding carboxylic acids is 1. The van der Waals surface area contributed by atoms with E-state index < -0.39 is 22.2 Å². The summed E-state index contributed by atoms with van der Waals surface area (Å²) in [7, 11) is -1.76. The molecule has 2 rings (SSSR count). The second-order valence-electron chi connectivity index (χ2n) is 4.99. The van der Waals surface area contributed by atoms with Crippen LogP contribution in [0.5, 0.6) is 5.75 Å². The van der Waals surface area contributed by atoms with E-state index in [2.05, 4.69) is 4.72 Å². The normalized spacial score (nSPS) is 18.4. The first-order chi connectivity index (χ1) is 10.4. The zero-order chi connectivity index (χ0) is 16.2. The zero-order valence-electron chi connectivity index (χ0n) is 12.6. The fourth-order valence-corrected chi connectivity index (χ4v) is 3.30. The highest BCUT2D eigenvalue weighted by Crippen LogP contribution is 2.25. The number of nitrogens with one attached hydrogen (secondary N) is 1. The molecule has 1 aromatic rings.